The van der Waals surface area contributed by atoms with Gasteiger partial charge in [0.25, 0.3) is 0 Å². The van der Waals surface area contributed by atoms with Crippen LogP contribution in [0.3, 0.4) is 0 Å². The minimum absolute atomic E-state index is 0.0258. The third-order valence-electron chi connectivity index (χ3n) is 6.74. The highest BCUT2D eigenvalue weighted by Crippen LogP contribution is 2.51. The average molecular weight is 464 g/mol. The number of ether oxygens (including phenoxy) is 3. The van der Waals surface area contributed by atoms with E-state index in [0.717, 1.165) is 17.7 Å². The summed E-state index contributed by atoms with van der Waals surface area (Å²) in [6.07, 6.45) is 0.870. The Labute approximate surface area is 198 Å². The Balaban J connectivity index is 1.27. The molecule has 3 aromatic rings. The van der Waals surface area contributed by atoms with Crippen LogP contribution in [-0.2, 0) is 4.79 Å². The highest BCUT2D eigenvalue weighted by Gasteiger charge is 2.47. The molecule has 1 aliphatic carbocycles. The number of carbonyl (C=O) groups is 1. The molecule has 2 N–H and O–H groups in total. The summed E-state index contributed by atoms with van der Waals surface area (Å²) >= 11 is 0. The zero-order chi connectivity index (χ0) is 23.8. The van der Waals surface area contributed by atoms with E-state index < -0.39 is 0 Å². The van der Waals surface area contributed by atoms with Gasteiger partial charge in [0.15, 0.2) is 11.5 Å². The van der Waals surface area contributed by atoms with Gasteiger partial charge in [0.1, 0.15) is 11.6 Å². The van der Waals surface area contributed by atoms with Crippen LogP contribution in [0.15, 0.2) is 36.4 Å². The van der Waals surface area contributed by atoms with Crippen molar-refractivity contribution >= 4 is 28.6 Å². The summed E-state index contributed by atoms with van der Waals surface area (Å²) in [5.41, 5.74) is 8.06. The van der Waals surface area contributed by atoms with Gasteiger partial charge in [0.2, 0.25) is 11.9 Å². The molecule has 2 aromatic carbocycles. The van der Waals surface area contributed by atoms with Gasteiger partial charge in [0.05, 0.1) is 26.8 Å². The number of piperazine rings is 1. The van der Waals surface area contributed by atoms with Crippen molar-refractivity contribution in [3.8, 4) is 17.2 Å². The predicted octanol–water partition coefficient (Wildman–Crippen LogP) is 2.69. The number of rotatable bonds is 6. The van der Waals surface area contributed by atoms with Crippen molar-refractivity contribution in [2.45, 2.75) is 12.3 Å². The van der Waals surface area contributed by atoms with Crippen LogP contribution in [-0.4, -0.2) is 68.3 Å². The van der Waals surface area contributed by atoms with Gasteiger partial charge in [-0.1, -0.05) is 18.2 Å². The number of nitrogens with two attached hydrogens (primary N) is 1. The largest absolute Gasteiger partial charge is 0.496 e. The molecule has 0 bridgehead atoms. The number of para-hydroxylation sites is 1. The van der Waals surface area contributed by atoms with E-state index >= 15 is 0 Å². The molecule has 2 unspecified atom stereocenters. The topological polar surface area (TPSA) is 103 Å². The predicted molar refractivity (Wildman–Crippen MR) is 130 cm³/mol. The first-order valence-corrected chi connectivity index (χ1v) is 11.4. The minimum Gasteiger partial charge on any atom is -0.496 e. The molecule has 2 atom stereocenters. The standard InChI is InChI=1S/C25H29N5O4/c1-32-20-7-5-4-6-15(20)16-12-17(16)24(31)29-8-10-30(11-9-29)25-27-19-14-22(34-3)21(33-2)13-18(19)23(26)28-25/h4-7,13-14,16-17H,8-12H2,1-3H3,(H2,26,27,28). The number of anilines is 2. The number of benzene rings is 2. The molecule has 9 nitrogen and oxygen atoms in total. The number of aromatic nitrogens is 2. The Morgan fingerprint density at radius 2 is 1.62 bits per heavy atom. The van der Waals surface area contributed by atoms with Crippen LogP contribution >= 0.6 is 0 Å². The lowest BCUT2D eigenvalue weighted by atomic mass is 10.1. The Bertz CT molecular complexity index is 1230. The smallest absolute Gasteiger partial charge is 0.228 e. The van der Waals surface area contributed by atoms with Crippen LogP contribution in [0.5, 0.6) is 17.2 Å². The molecule has 2 aliphatic rings. The number of fused-ring (bicyclic) bond motifs is 1. The van der Waals surface area contributed by atoms with Gasteiger partial charge in [-0.25, -0.2) is 4.98 Å². The first-order valence-electron chi connectivity index (χ1n) is 11.4. The van der Waals surface area contributed by atoms with Crippen LogP contribution < -0.4 is 24.8 Å². The van der Waals surface area contributed by atoms with Gasteiger partial charge in [-0.2, -0.15) is 4.98 Å². The van der Waals surface area contributed by atoms with Crippen LogP contribution in [0.1, 0.15) is 17.9 Å². The quantitative estimate of drug-likeness (QED) is 0.595. The lowest BCUT2D eigenvalue weighted by Crippen LogP contribution is -2.49. The molecule has 1 saturated heterocycles. The lowest BCUT2D eigenvalue weighted by molar-refractivity contribution is -0.133. The van der Waals surface area contributed by atoms with Crippen molar-refractivity contribution in [1.29, 1.82) is 0 Å². The van der Waals surface area contributed by atoms with E-state index in [0.29, 0.717) is 60.3 Å². The SMILES string of the molecule is COc1cc2nc(N3CCN(C(=O)C4CC4c4ccccc4OC)CC3)nc(N)c2cc1OC. The normalized spacial score (nSPS) is 19.7. The van der Waals surface area contributed by atoms with Crippen molar-refractivity contribution in [2.75, 3.05) is 58.1 Å². The van der Waals surface area contributed by atoms with Crippen molar-refractivity contribution < 1.29 is 19.0 Å². The van der Waals surface area contributed by atoms with Crippen LogP contribution in [0, 0.1) is 5.92 Å². The van der Waals surface area contributed by atoms with Crippen molar-refractivity contribution in [3.63, 3.8) is 0 Å². The summed E-state index contributed by atoms with van der Waals surface area (Å²) < 4.78 is 16.2. The second-order valence-corrected chi connectivity index (χ2v) is 8.64. The number of hydrogen-bond donors (Lipinski definition) is 1. The fourth-order valence-corrected chi connectivity index (χ4v) is 4.75. The Morgan fingerprint density at radius 3 is 2.32 bits per heavy atom. The van der Waals surface area contributed by atoms with E-state index in [1.54, 1.807) is 33.5 Å². The molecule has 1 saturated carbocycles. The molecule has 178 valence electrons. The molecule has 0 spiro atoms. The van der Waals surface area contributed by atoms with Crippen molar-refractivity contribution in [3.05, 3.63) is 42.0 Å². The number of carbonyl (C=O) groups excluding carboxylic acids is 1. The summed E-state index contributed by atoms with van der Waals surface area (Å²) in [5.74, 6) is 3.44. The van der Waals surface area contributed by atoms with Gasteiger partial charge in [0, 0.05) is 43.5 Å². The second kappa shape index (κ2) is 8.89. The lowest BCUT2D eigenvalue weighted by Gasteiger charge is -2.35. The monoisotopic (exact) mass is 463 g/mol. The Morgan fingerprint density at radius 1 is 0.941 bits per heavy atom. The van der Waals surface area contributed by atoms with Gasteiger partial charge >= 0.3 is 0 Å². The van der Waals surface area contributed by atoms with E-state index in [2.05, 4.69) is 16.0 Å². The molecule has 1 aliphatic heterocycles. The maximum Gasteiger partial charge on any atom is 0.228 e. The highest BCUT2D eigenvalue weighted by molar-refractivity contribution is 5.91. The summed E-state index contributed by atoms with van der Waals surface area (Å²) in [7, 11) is 4.84. The number of amides is 1. The van der Waals surface area contributed by atoms with Gasteiger partial charge < -0.3 is 29.7 Å². The molecule has 2 fully saturated rings. The average Bonchev–Trinajstić information content (AvgIpc) is 3.68. The molecular formula is C25H29N5O4. The van der Waals surface area contributed by atoms with E-state index in [-0.39, 0.29) is 17.7 Å². The first kappa shape index (κ1) is 22.1. The number of hydrogen-bond acceptors (Lipinski definition) is 8. The molecule has 5 rings (SSSR count). The molecule has 2 heterocycles. The molecule has 1 amide bonds. The summed E-state index contributed by atoms with van der Waals surface area (Å²) in [4.78, 5) is 26.4. The van der Waals surface area contributed by atoms with Crippen molar-refractivity contribution in [1.82, 2.24) is 14.9 Å². The molecule has 34 heavy (non-hydrogen) atoms. The second-order valence-electron chi connectivity index (χ2n) is 8.64. The summed E-state index contributed by atoms with van der Waals surface area (Å²) in [5, 5.41) is 0.714. The maximum absolute atomic E-state index is 13.1. The van der Waals surface area contributed by atoms with E-state index in [9.17, 15) is 4.79 Å². The third kappa shape index (κ3) is 3.91. The fraction of sp³-hybridized carbons (Fsp3) is 0.400. The fourth-order valence-electron chi connectivity index (χ4n) is 4.75. The zero-order valence-electron chi connectivity index (χ0n) is 19.7. The third-order valence-corrected chi connectivity index (χ3v) is 6.74. The minimum atomic E-state index is 0.0258. The van der Waals surface area contributed by atoms with E-state index in [4.69, 9.17) is 24.9 Å². The maximum atomic E-state index is 13.1. The van der Waals surface area contributed by atoms with Crippen LogP contribution in [0.4, 0.5) is 11.8 Å². The number of methoxy groups -OCH3 is 3. The van der Waals surface area contributed by atoms with Crippen molar-refractivity contribution in [2.24, 2.45) is 5.92 Å². The Kier molecular flexibility index (Phi) is 5.77. The Hall–Kier alpha value is -3.75. The first-order chi connectivity index (χ1) is 16.5. The van der Waals surface area contributed by atoms with Gasteiger partial charge in [-0.05, 0) is 30.0 Å². The summed E-state index contributed by atoms with van der Waals surface area (Å²) in [6.45, 7) is 2.55. The highest BCUT2D eigenvalue weighted by atomic mass is 16.5. The number of nitrogen functional groups attached to an aromatic ring is 1. The molecule has 9 heteroatoms. The molecular weight excluding hydrogens is 434 g/mol. The van der Waals surface area contributed by atoms with Crippen LogP contribution in [0.2, 0.25) is 0 Å². The number of nitrogens with zero attached hydrogens (tertiary/aromatic N) is 4. The van der Waals surface area contributed by atoms with Gasteiger partial charge in [-0.15, -0.1) is 0 Å². The molecule has 1 aromatic heterocycles. The zero-order valence-corrected chi connectivity index (χ0v) is 19.7. The summed E-state index contributed by atoms with van der Waals surface area (Å²) in [6, 6.07) is 11.6. The van der Waals surface area contributed by atoms with Gasteiger partial charge in [-0.3, -0.25) is 4.79 Å². The van der Waals surface area contributed by atoms with E-state index in [1.807, 2.05) is 23.1 Å². The molecule has 0 radical (unpaired) electrons. The van der Waals surface area contributed by atoms with Crippen LogP contribution in [0.25, 0.3) is 10.9 Å². The van der Waals surface area contributed by atoms with E-state index in [1.165, 1.54) is 0 Å².